The molecule has 0 bridgehead atoms. The fourth-order valence-corrected chi connectivity index (χ4v) is 2.51. The molecule has 0 saturated carbocycles. The predicted octanol–water partition coefficient (Wildman–Crippen LogP) is 3.10. The first-order valence-electron chi connectivity index (χ1n) is 5.55. The summed E-state index contributed by atoms with van der Waals surface area (Å²) in [4.78, 5) is 7.17. The molecule has 0 aliphatic rings. The zero-order valence-electron chi connectivity index (χ0n) is 10.5. The van der Waals surface area contributed by atoms with E-state index in [1.165, 1.54) is 0 Å². The highest BCUT2D eigenvalue weighted by atomic mass is 79.9. The first-order chi connectivity index (χ1) is 10.2. The van der Waals surface area contributed by atoms with Gasteiger partial charge in [-0.2, -0.15) is 23.4 Å². The number of anilines is 2. The van der Waals surface area contributed by atoms with Crippen LogP contribution in [-0.2, 0) is 6.18 Å². The molecule has 0 atom stereocenters. The molecule has 5 nitrogen and oxygen atoms in total. The van der Waals surface area contributed by atoms with Gasteiger partial charge in [0.2, 0.25) is 5.95 Å². The molecule has 0 aliphatic carbocycles. The summed E-state index contributed by atoms with van der Waals surface area (Å²) in [5, 5.41) is 9.05. The van der Waals surface area contributed by atoms with Crippen LogP contribution in [0.25, 0.3) is 11.3 Å². The lowest BCUT2D eigenvalue weighted by atomic mass is 10.0. The summed E-state index contributed by atoms with van der Waals surface area (Å²) in [5.41, 5.74) is 8.39. The summed E-state index contributed by atoms with van der Waals surface area (Å²) in [6.45, 7) is 0. The molecule has 2 aromatic rings. The number of nitrogen functional groups attached to an aromatic ring is 2. The van der Waals surface area contributed by atoms with E-state index in [-0.39, 0.29) is 11.4 Å². The van der Waals surface area contributed by atoms with Crippen molar-refractivity contribution in [2.24, 2.45) is 0 Å². The van der Waals surface area contributed by atoms with E-state index in [2.05, 4.69) is 25.9 Å². The highest BCUT2D eigenvalue weighted by Crippen LogP contribution is 2.42. The van der Waals surface area contributed by atoms with Gasteiger partial charge in [0.05, 0.1) is 16.8 Å². The highest BCUT2D eigenvalue weighted by Gasteiger charge is 2.35. The minimum Gasteiger partial charge on any atom is -0.382 e. The SMILES string of the molecule is N#Cc1c(N)nc(N)nc1-c1c(F)ccc(C(F)(F)F)c1Br. The average Bonchev–Trinajstić information content (AvgIpc) is 2.36. The summed E-state index contributed by atoms with van der Waals surface area (Å²) in [5.74, 6) is -1.77. The molecule has 0 aliphatic heterocycles. The molecule has 2 rings (SSSR count). The molecule has 22 heavy (non-hydrogen) atoms. The molecular formula is C12H6BrF4N5. The number of rotatable bonds is 1. The Labute approximate surface area is 129 Å². The normalized spacial score (nSPS) is 11.3. The third-order valence-electron chi connectivity index (χ3n) is 2.70. The predicted molar refractivity (Wildman–Crippen MR) is 73.7 cm³/mol. The monoisotopic (exact) mass is 375 g/mol. The maximum Gasteiger partial charge on any atom is 0.417 e. The second kappa shape index (κ2) is 5.42. The van der Waals surface area contributed by atoms with Gasteiger partial charge in [-0.1, -0.05) is 0 Å². The molecule has 0 fully saturated rings. The number of aromatic nitrogens is 2. The third kappa shape index (κ3) is 2.67. The Morgan fingerprint density at radius 3 is 2.36 bits per heavy atom. The standard InChI is InChI=1S/C12H6BrF4N5/c13-8-5(12(15,16)17)1-2-6(14)7(8)9-4(3-18)10(19)22-11(20)21-9/h1-2H,(H4,19,20,21,22). The van der Waals surface area contributed by atoms with E-state index in [1.807, 2.05) is 0 Å². The third-order valence-corrected chi connectivity index (χ3v) is 3.52. The molecular weight excluding hydrogens is 370 g/mol. The van der Waals surface area contributed by atoms with Crippen LogP contribution < -0.4 is 11.5 Å². The second-order valence-corrected chi connectivity index (χ2v) is 4.88. The molecule has 4 N–H and O–H groups in total. The Morgan fingerprint density at radius 2 is 1.82 bits per heavy atom. The minimum absolute atomic E-state index is 0.353. The molecule has 0 amide bonds. The van der Waals surface area contributed by atoms with Crippen molar-refractivity contribution >= 4 is 27.7 Å². The molecule has 0 spiro atoms. The topological polar surface area (TPSA) is 102 Å². The number of nitrogens with zero attached hydrogens (tertiary/aromatic N) is 3. The highest BCUT2D eigenvalue weighted by molar-refractivity contribution is 9.10. The van der Waals surface area contributed by atoms with Gasteiger partial charge in [0.1, 0.15) is 23.3 Å². The van der Waals surface area contributed by atoms with E-state index in [0.717, 1.165) is 0 Å². The van der Waals surface area contributed by atoms with E-state index in [1.54, 1.807) is 6.07 Å². The molecule has 1 aromatic carbocycles. The van der Waals surface area contributed by atoms with Crippen LogP contribution >= 0.6 is 15.9 Å². The summed E-state index contributed by atoms with van der Waals surface area (Å²) in [6, 6.07) is 2.82. The molecule has 114 valence electrons. The van der Waals surface area contributed by atoms with Crippen molar-refractivity contribution in [2.75, 3.05) is 11.5 Å². The van der Waals surface area contributed by atoms with Crippen molar-refractivity contribution < 1.29 is 17.6 Å². The first kappa shape index (κ1) is 16.0. The van der Waals surface area contributed by atoms with Crippen molar-refractivity contribution in [3.05, 3.63) is 33.5 Å². The van der Waals surface area contributed by atoms with Crippen LogP contribution in [0.3, 0.4) is 0 Å². The van der Waals surface area contributed by atoms with Gasteiger partial charge in [-0.05, 0) is 28.1 Å². The number of alkyl halides is 3. The molecule has 0 saturated heterocycles. The van der Waals surface area contributed by atoms with Gasteiger partial charge >= 0.3 is 6.18 Å². The fourth-order valence-electron chi connectivity index (χ4n) is 1.78. The van der Waals surface area contributed by atoms with Crippen LogP contribution in [0.1, 0.15) is 11.1 Å². The van der Waals surface area contributed by atoms with E-state index in [0.29, 0.717) is 12.1 Å². The van der Waals surface area contributed by atoms with Crippen LogP contribution in [-0.4, -0.2) is 9.97 Å². The van der Waals surface area contributed by atoms with Crippen LogP contribution in [0.4, 0.5) is 29.3 Å². The Morgan fingerprint density at radius 1 is 1.18 bits per heavy atom. The number of benzene rings is 1. The Hall–Kier alpha value is -2.41. The summed E-state index contributed by atoms with van der Waals surface area (Å²) < 4.78 is 52.2. The van der Waals surface area contributed by atoms with Crippen molar-refractivity contribution in [1.29, 1.82) is 5.26 Å². The minimum atomic E-state index is -4.72. The molecule has 10 heteroatoms. The van der Waals surface area contributed by atoms with Crippen molar-refractivity contribution in [2.45, 2.75) is 6.18 Å². The van der Waals surface area contributed by atoms with E-state index in [9.17, 15) is 17.6 Å². The lowest BCUT2D eigenvalue weighted by molar-refractivity contribution is -0.138. The number of nitriles is 1. The van der Waals surface area contributed by atoms with Crippen molar-refractivity contribution in [1.82, 2.24) is 9.97 Å². The lowest BCUT2D eigenvalue weighted by Crippen LogP contribution is -2.10. The fraction of sp³-hybridized carbons (Fsp3) is 0.0833. The first-order valence-corrected chi connectivity index (χ1v) is 6.34. The number of halogens is 5. The second-order valence-electron chi connectivity index (χ2n) is 4.08. The Kier molecular flexibility index (Phi) is 3.93. The van der Waals surface area contributed by atoms with Gasteiger partial charge in [-0.25, -0.2) is 9.37 Å². The zero-order chi connectivity index (χ0) is 16.7. The Balaban J connectivity index is 2.88. The van der Waals surface area contributed by atoms with E-state index < -0.39 is 39.2 Å². The molecule has 1 aromatic heterocycles. The van der Waals surface area contributed by atoms with Gasteiger partial charge in [0.25, 0.3) is 0 Å². The maximum atomic E-state index is 14.0. The summed E-state index contributed by atoms with van der Waals surface area (Å²) in [6.07, 6.45) is -4.72. The van der Waals surface area contributed by atoms with Gasteiger partial charge in [0.15, 0.2) is 0 Å². The number of hydrogen-bond acceptors (Lipinski definition) is 5. The number of nitrogens with two attached hydrogens (primary N) is 2. The van der Waals surface area contributed by atoms with E-state index in [4.69, 9.17) is 16.7 Å². The van der Waals surface area contributed by atoms with E-state index >= 15 is 0 Å². The quantitative estimate of drug-likeness (QED) is 0.745. The van der Waals surface area contributed by atoms with Gasteiger partial charge in [-0.15, -0.1) is 0 Å². The Bertz CT molecular complexity index is 798. The van der Waals surface area contributed by atoms with Crippen LogP contribution in [0.15, 0.2) is 16.6 Å². The van der Waals surface area contributed by atoms with Gasteiger partial charge < -0.3 is 11.5 Å². The van der Waals surface area contributed by atoms with Crippen LogP contribution in [0.2, 0.25) is 0 Å². The summed E-state index contributed by atoms with van der Waals surface area (Å²) >= 11 is 2.71. The lowest BCUT2D eigenvalue weighted by Gasteiger charge is -2.14. The smallest absolute Gasteiger partial charge is 0.382 e. The van der Waals surface area contributed by atoms with Crippen molar-refractivity contribution in [3.8, 4) is 17.3 Å². The molecule has 0 radical (unpaired) electrons. The zero-order valence-corrected chi connectivity index (χ0v) is 12.1. The number of hydrogen-bond donors (Lipinski definition) is 2. The molecule has 0 unspecified atom stereocenters. The van der Waals surface area contributed by atoms with Gasteiger partial charge in [0, 0.05) is 4.47 Å². The van der Waals surface area contributed by atoms with Crippen molar-refractivity contribution in [3.63, 3.8) is 0 Å². The summed E-state index contributed by atoms with van der Waals surface area (Å²) in [7, 11) is 0. The average molecular weight is 376 g/mol. The largest absolute Gasteiger partial charge is 0.417 e. The van der Waals surface area contributed by atoms with Crippen LogP contribution in [0.5, 0.6) is 0 Å². The maximum absolute atomic E-state index is 14.0. The molecule has 1 heterocycles. The van der Waals surface area contributed by atoms with Crippen LogP contribution in [0, 0.1) is 17.1 Å². The van der Waals surface area contributed by atoms with Gasteiger partial charge in [-0.3, -0.25) is 0 Å².